The van der Waals surface area contributed by atoms with Crippen LogP contribution in [0.5, 0.6) is 0 Å². The van der Waals surface area contributed by atoms with Crippen molar-refractivity contribution >= 4 is 17.5 Å². The van der Waals surface area contributed by atoms with Crippen molar-refractivity contribution in [1.29, 1.82) is 0 Å². The van der Waals surface area contributed by atoms with E-state index in [1.807, 2.05) is 23.5 Å². The van der Waals surface area contributed by atoms with Gasteiger partial charge in [0.15, 0.2) is 6.54 Å². The second-order valence-electron chi connectivity index (χ2n) is 6.17. The highest BCUT2D eigenvalue weighted by atomic mass is 35.5. The molecule has 0 saturated heterocycles. The average molecular weight is 350 g/mol. The first kappa shape index (κ1) is 18.4. The first-order valence-corrected chi connectivity index (χ1v) is 8.43. The molecule has 3 N–H and O–H groups in total. The van der Waals surface area contributed by atoms with E-state index in [0.29, 0.717) is 24.0 Å². The van der Waals surface area contributed by atoms with E-state index in [9.17, 15) is 9.18 Å². The maximum atomic E-state index is 13.1. The van der Waals surface area contributed by atoms with Crippen LogP contribution in [-0.2, 0) is 11.3 Å². The minimum Gasteiger partial charge on any atom is -0.347 e. The summed E-state index contributed by atoms with van der Waals surface area (Å²) in [4.78, 5) is 12.1. The standard InChI is InChI=1S/C19H22ClFN2O/c1-13(2)19(15-6-8-17(21)9-7-15)23-12-18(24)22-11-14-4-3-5-16(20)10-14/h3-10,13,19,23H,11-12H2,1-2H3,(H,22,24)/p+1/t19-/m1/s1. The Morgan fingerprint density at radius 3 is 2.54 bits per heavy atom. The molecule has 5 heteroatoms. The molecule has 0 fully saturated rings. The highest BCUT2D eigenvalue weighted by Crippen LogP contribution is 2.17. The molecule has 2 aromatic rings. The van der Waals surface area contributed by atoms with Crippen molar-refractivity contribution < 1.29 is 14.5 Å². The lowest BCUT2D eigenvalue weighted by Crippen LogP contribution is -2.88. The molecule has 0 unspecified atom stereocenters. The molecule has 0 aliphatic carbocycles. The van der Waals surface area contributed by atoms with Crippen molar-refractivity contribution in [3.05, 3.63) is 70.5 Å². The van der Waals surface area contributed by atoms with Gasteiger partial charge in [0.25, 0.3) is 5.91 Å². The van der Waals surface area contributed by atoms with Crippen molar-refractivity contribution in [2.45, 2.75) is 26.4 Å². The molecule has 24 heavy (non-hydrogen) atoms. The summed E-state index contributed by atoms with van der Waals surface area (Å²) >= 11 is 5.93. The molecule has 0 bridgehead atoms. The number of rotatable bonds is 7. The quantitative estimate of drug-likeness (QED) is 0.793. The Labute approximate surface area is 147 Å². The van der Waals surface area contributed by atoms with Gasteiger partial charge in [0.1, 0.15) is 11.9 Å². The summed E-state index contributed by atoms with van der Waals surface area (Å²) in [6, 6.07) is 14.0. The van der Waals surface area contributed by atoms with Gasteiger partial charge in [0, 0.05) is 23.0 Å². The van der Waals surface area contributed by atoms with Crippen LogP contribution in [-0.4, -0.2) is 12.5 Å². The van der Waals surface area contributed by atoms with Crippen molar-refractivity contribution in [3.8, 4) is 0 Å². The summed E-state index contributed by atoms with van der Waals surface area (Å²) in [6.45, 7) is 4.96. The van der Waals surface area contributed by atoms with Crippen LogP contribution < -0.4 is 10.6 Å². The molecule has 2 rings (SSSR count). The summed E-state index contributed by atoms with van der Waals surface area (Å²) in [6.07, 6.45) is 0. The van der Waals surface area contributed by atoms with Crippen LogP contribution in [0.25, 0.3) is 0 Å². The molecule has 1 amide bonds. The largest absolute Gasteiger partial charge is 0.347 e. The number of halogens is 2. The number of carbonyl (C=O) groups is 1. The van der Waals surface area contributed by atoms with E-state index in [2.05, 4.69) is 19.2 Å². The third-order valence-corrected chi connectivity index (χ3v) is 4.14. The Balaban J connectivity index is 1.87. The van der Waals surface area contributed by atoms with Gasteiger partial charge in [0.2, 0.25) is 0 Å². The van der Waals surface area contributed by atoms with E-state index in [1.165, 1.54) is 12.1 Å². The molecular weight excluding hydrogens is 327 g/mol. The number of nitrogens with two attached hydrogens (primary N) is 1. The number of hydrogen-bond donors (Lipinski definition) is 2. The Morgan fingerprint density at radius 1 is 1.21 bits per heavy atom. The fourth-order valence-corrected chi connectivity index (χ4v) is 2.84. The summed E-state index contributed by atoms with van der Waals surface area (Å²) in [5.74, 6) is 0.0412. The molecule has 128 valence electrons. The van der Waals surface area contributed by atoms with Gasteiger partial charge in [0.05, 0.1) is 0 Å². The second-order valence-corrected chi connectivity index (χ2v) is 6.60. The van der Waals surface area contributed by atoms with Crippen LogP contribution in [0.2, 0.25) is 5.02 Å². The van der Waals surface area contributed by atoms with Gasteiger partial charge in [-0.3, -0.25) is 4.79 Å². The molecule has 0 aliphatic heterocycles. The van der Waals surface area contributed by atoms with Gasteiger partial charge in [-0.25, -0.2) is 4.39 Å². The van der Waals surface area contributed by atoms with E-state index in [0.717, 1.165) is 11.1 Å². The predicted molar refractivity (Wildman–Crippen MR) is 94.1 cm³/mol. The fourth-order valence-electron chi connectivity index (χ4n) is 2.63. The van der Waals surface area contributed by atoms with Gasteiger partial charge >= 0.3 is 0 Å². The van der Waals surface area contributed by atoms with E-state index < -0.39 is 0 Å². The van der Waals surface area contributed by atoms with Gasteiger partial charge in [-0.1, -0.05) is 49.7 Å². The Hall–Kier alpha value is -1.91. The zero-order chi connectivity index (χ0) is 17.5. The van der Waals surface area contributed by atoms with Crippen molar-refractivity contribution in [3.63, 3.8) is 0 Å². The predicted octanol–water partition coefficient (Wildman–Crippen LogP) is 3.06. The molecular formula is C19H23ClFN2O+. The zero-order valence-electron chi connectivity index (χ0n) is 13.9. The van der Waals surface area contributed by atoms with Crippen molar-refractivity contribution in [1.82, 2.24) is 5.32 Å². The van der Waals surface area contributed by atoms with Gasteiger partial charge in [-0.2, -0.15) is 0 Å². The highest BCUT2D eigenvalue weighted by molar-refractivity contribution is 6.30. The van der Waals surface area contributed by atoms with Crippen LogP contribution in [0.1, 0.15) is 31.0 Å². The molecule has 0 aliphatic rings. The van der Waals surface area contributed by atoms with Gasteiger partial charge < -0.3 is 10.6 Å². The monoisotopic (exact) mass is 349 g/mol. The molecule has 0 heterocycles. The van der Waals surface area contributed by atoms with Crippen LogP contribution in [0.4, 0.5) is 4.39 Å². The smallest absolute Gasteiger partial charge is 0.275 e. The summed E-state index contributed by atoms with van der Waals surface area (Å²) in [5, 5.41) is 5.54. The van der Waals surface area contributed by atoms with Crippen molar-refractivity contribution in [2.75, 3.05) is 6.54 Å². The van der Waals surface area contributed by atoms with E-state index >= 15 is 0 Å². The molecule has 2 aromatic carbocycles. The number of carbonyl (C=O) groups excluding carboxylic acids is 1. The maximum Gasteiger partial charge on any atom is 0.275 e. The molecule has 0 radical (unpaired) electrons. The lowest BCUT2D eigenvalue weighted by atomic mass is 9.96. The van der Waals surface area contributed by atoms with Crippen LogP contribution in [0, 0.1) is 11.7 Å². The lowest BCUT2D eigenvalue weighted by molar-refractivity contribution is -0.692. The SMILES string of the molecule is CC(C)[C@@H]([NH2+]CC(=O)NCc1cccc(Cl)c1)c1ccc(F)cc1. The third kappa shape index (κ3) is 5.62. The van der Waals surface area contributed by atoms with Gasteiger partial charge in [-0.05, 0) is 29.8 Å². The normalized spacial score (nSPS) is 12.2. The topological polar surface area (TPSA) is 45.7 Å². The Kier molecular flexibility index (Phi) is 6.76. The Bertz CT molecular complexity index is 673. The van der Waals surface area contributed by atoms with Crippen LogP contribution in [0.3, 0.4) is 0 Å². The first-order chi connectivity index (χ1) is 11.5. The zero-order valence-corrected chi connectivity index (χ0v) is 14.7. The van der Waals surface area contributed by atoms with E-state index in [-0.39, 0.29) is 17.8 Å². The average Bonchev–Trinajstić information content (AvgIpc) is 2.54. The number of amides is 1. The van der Waals surface area contributed by atoms with Gasteiger partial charge in [-0.15, -0.1) is 0 Å². The minimum absolute atomic E-state index is 0.0391. The molecule has 0 aromatic heterocycles. The van der Waals surface area contributed by atoms with Crippen LogP contribution in [0.15, 0.2) is 48.5 Å². The van der Waals surface area contributed by atoms with E-state index in [1.54, 1.807) is 18.2 Å². The summed E-state index contributed by atoms with van der Waals surface area (Å²) in [5.41, 5.74) is 1.99. The molecule has 0 saturated carbocycles. The third-order valence-electron chi connectivity index (χ3n) is 3.91. The molecule has 1 atom stereocenters. The summed E-state index contributed by atoms with van der Waals surface area (Å²) in [7, 11) is 0. The first-order valence-electron chi connectivity index (χ1n) is 8.05. The number of hydrogen-bond acceptors (Lipinski definition) is 1. The second kappa shape index (κ2) is 8.81. The van der Waals surface area contributed by atoms with Crippen molar-refractivity contribution in [2.24, 2.45) is 5.92 Å². The minimum atomic E-state index is -0.250. The molecule has 3 nitrogen and oxygen atoms in total. The maximum absolute atomic E-state index is 13.1. The van der Waals surface area contributed by atoms with E-state index in [4.69, 9.17) is 11.6 Å². The lowest BCUT2D eigenvalue weighted by Gasteiger charge is -2.19. The number of nitrogens with one attached hydrogen (secondary N) is 1. The fraction of sp³-hybridized carbons (Fsp3) is 0.316. The van der Waals surface area contributed by atoms with Crippen LogP contribution >= 0.6 is 11.6 Å². The highest BCUT2D eigenvalue weighted by Gasteiger charge is 2.20. The Morgan fingerprint density at radius 2 is 1.92 bits per heavy atom. The number of quaternary nitrogens is 1. The summed E-state index contributed by atoms with van der Waals surface area (Å²) < 4.78 is 13.1. The molecule has 0 spiro atoms. The number of benzene rings is 2.